The molecule has 0 amide bonds. The Morgan fingerprint density at radius 3 is 2.82 bits per heavy atom. The van der Waals surface area contributed by atoms with E-state index in [9.17, 15) is 9.90 Å². The molecule has 114 valence electrons. The molecule has 0 unspecified atom stereocenters. The molecule has 3 rings (SSSR count). The minimum absolute atomic E-state index is 0.179. The van der Waals surface area contributed by atoms with Crippen LogP contribution in [0.5, 0.6) is 5.75 Å². The van der Waals surface area contributed by atoms with Gasteiger partial charge in [0, 0.05) is 23.1 Å². The Kier molecular flexibility index (Phi) is 4.27. The van der Waals surface area contributed by atoms with Gasteiger partial charge in [-0.1, -0.05) is 13.0 Å². The van der Waals surface area contributed by atoms with Gasteiger partial charge in [-0.3, -0.25) is 0 Å². The van der Waals surface area contributed by atoms with Crippen LogP contribution >= 0.6 is 11.3 Å². The molecule has 3 N–H and O–H groups in total. The first-order chi connectivity index (χ1) is 10.7. The zero-order valence-electron chi connectivity index (χ0n) is 12.3. The lowest BCUT2D eigenvalue weighted by Gasteiger charge is -2.08. The second-order valence-corrected chi connectivity index (χ2v) is 6.23. The fraction of sp³-hybridized carbons (Fsp3) is 0.235. The van der Waals surface area contributed by atoms with Gasteiger partial charge in [0.15, 0.2) is 0 Å². The fourth-order valence-electron chi connectivity index (χ4n) is 2.56. The Balaban J connectivity index is 1.91. The van der Waals surface area contributed by atoms with E-state index in [0.29, 0.717) is 12.1 Å². The Labute approximate surface area is 132 Å². The molecule has 0 saturated heterocycles. The first-order valence-corrected chi connectivity index (χ1v) is 8.18. The van der Waals surface area contributed by atoms with Crippen LogP contribution in [-0.2, 0) is 19.5 Å². The molecule has 0 atom stereocenters. The number of benzene rings is 1. The van der Waals surface area contributed by atoms with Gasteiger partial charge in [0.25, 0.3) is 0 Å². The molecule has 0 aliphatic rings. The lowest BCUT2D eigenvalue weighted by Crippen LogP contribution is -2.80. The van der Waals surface area contributed by atoms with E-state index in [1.54, 1.807) is 23.5 Å². The van der Waals surface area contributed by atoms with Crippen molar-refractivity contribution in [2.24, 2.45) is 0 Å². The summed E-state index contributed by atoms with van der Waals surface area (Å²) in [5, 5.41) is 15.0. The van der Waals surface area contributed by atoms with Gasteiger partial charge in [0.2, 0.25) is 0 Å². The van der Waals surface area contributed by atoms with Gasteiger partial charge >= 0.3 is 5.63 Å². The number of hydrogen-bond donors (Lipinski definition) is 2. The number of phenolic OH excluding ortho intramolecular Hbond substituents is 1. The predicted molar refractivity (Wildman–Crippen MR) is 87.2 cm³/mol. The van der Waals surface area contributed by atoms with Gasteiger partial charge in [-0.15, -0.1) is 11.3 Å². The smallest absolute Gasteiger partial charge is 0.336 e. The molecule has 0 aliphatic carbocycles. The molecule has 0 aliphatic heterocycles. The molecule has 0 fully saturated rings. The molecule has 0 saturated carbocycles. The third-order valence-corrected chi connectivity index (χ3v) is 4.60. The Hall–Kier alpha value is -2.11. The summed E-state index contributed by atoms with van der Waals surface area (Å²) in [6, 6.07) is 9.15. The SMILES string of the molecule is CCc1cc2c(C[NH2+]Cc3cccs3)cc(=O)oc2cc1O. The molecule has 5 heteroatoms. The number of hydrogen-bond acceptors (Lipinski definition) is 4. The molecule has 0 spiro atoms. The number of thiophene rings is 1. The summed E-state index contributed by atoms with van der Waals surface area (Å²) in [7, 11) is 0. The van der Waals surface area contributed by atoms with E-state index in [4.69, 9.17) is 4.42 Å². The highest BCUT2D eigenvalue weighted by molar-refractivity contribution is 7.09. The van der Waals surface area contributed by atoms with E-state index in [1.807, 2.05) is 19.1 Å². The molecule has 3 aromatic rings. The Bertz CT molecular complexity index is 837. The number of phenols is 1. The summed E-state index contributed by atoms with van der Waals surface area (Å²) in [4.78, 5) is 13.0. The Morgan fingerprint density at radius 1 is 1.23 bits per heavy atom. The average Bonchev–Trinajstić information content (AvgIpc) is 2.99. The van der Waals surface area contributed by atoms with Crippen LogP contribution in [0.3, 0.4) is 0 Å². The minimum Gasteiger partial charge on any atom is -0.508 e. The summed E-state index contributed by atoms with van der Waals surface area (Å²) in [5.74, 6) is 0.179. The maximum atomic E-state index is 11.7. The average molecular weight is 316 g/mol. The molecule has 0 bridgehead atoms. The van der Waals surface area contributed by atoms with Crippen molar-refractivity contribution in [1.82, 2.24) is 0 Å². The Morgan fingerprint density at radius 2 is 2.09 bits per heavy atom. The molecular weight excluding hydrogens is 298 g/mol. The lowest BCUT2D eigenvalue weighted by atomic mass is 10.0. The number of fused-ring (bicyclic) bond motifs is 1. The first-order valence-electron chi connectivity index (χ1n) is 7.30. The van der Waals surface area contributed by atoms with Crippen LogP contribution in [0.15, 0.2) is 44.9 Å². The number of quaternary nitrogens is 1. The molecule has 1 aromatic carbocycles. The normalized spacial score (nSPS) is 11.1. The van der Waals surface area contributed by atoms with Crippen LogP contribution in [0.4, 0.5) is 0 Å². The van der Waals surface area contributed by atoms with Crippen LogP contribution in [0, 0.1) is 0 Å². The molecule has 0 radical (unpaired) electrons. The van der Waals surface area contributed by atoms with Crippen molar-refractivity contribution < 1.29 is 14.8 Å². The lowest BCUT2D eigenvalue weighted by molar-refractivity contribution is -0.685. The standard InChI is InChI=1S/C17H17NO3S/c1-2-11-6-14-12(9-18-10-13-4-3-5-22-13)7-17(20)21-16(14)8-15(11)19/h3-8,18-19H,2,9-10H2,1H3/p+1. The maximum absolute atomic E-state index is 11.7. The third kappa shape index (κ3) is 3.05. The molecular formula is C17H18NO3S+. The highest BCUT2D eigenvalue weighted by Crippen LogP contribution is 2.26. The van der Waals surface area contributed by atoms with Crippen LogP contribution in [0.1, 0.15) is 22.9 Å². The van der Waals surface area contributed by atoms with Gasteiger partial charge in [-0.2, -0.15) is 0 Å². The number of aryl methyl sites for hydroxylation is 1. The van der Waals surface area contributed by atoms with E-state index in [-0.39, 0.29) is 11.4 Å². The molecule has 2 aromatic heterocycles. The summed E-state index contributed by atoms with van der Waals surface area (Å²) < 4.78 is 5.21. The minimum atomic E-state index is -0.379. The van der Waals surface area contributed by atoms with Crippen LogP contribution in [0.2, 0.25) is 0 Å². The van der Waals surface area contributed by atoms with Crippen LogP contribution in [-0.4, -0.2) is 5.11 Å². The second-order valence-electron chi connectivity index (χ2n) is 5.20. The van der Waals surface area contributed by atoms with Gasteiger partial charge in [-0.05, 0) is 29.5 Å². The zero-order chi connectivity index (χ0) is 15.5. The van der Waals surface area contributed by atoms with E-state index in [2.05, 4.69) is 16.8 Å². The van der Waals surface area contributed by atoms with Crippen molar-refractivity contribution in [2.75, 3.05) is 0 Å². The largest absolute Gasteiger partial charge is 0.508 e. The molecule has 22 heavy (non-hydrogen) atoms. The van der Waals surface area contributed by atoms with E-state index in [1.165, 1.54) is 4.88 Å². The van der Waals surface area contributed by atoms with Crippen molar-refractivity contribution in [1.29, 1.82) is 0 Å². The monoisotopic (exact) mass is 316 g/mol. The van der Waals surface area contributed by atoms with Crippen molar-refractivity contribution >= 4 is 22.3 Å². The fourth-order valence-corrected chi connectivity index (χ4v) is 3.26. The van der Waals surface area contributed by atoms with E-state index < -0.39 is 0 Å². The van der Waals surface area contributed by atoms with Gasteiger partial charge in [0.05, 0.1) is 4.88 Å². The number of nitrogens with two attached hydrogens (primary N) is 1. The summed E-state index contributed by atoms with van der Waals surface area (Å²) in [5.41, 5.74) is 1.87. The quantitative estimate of drug-likeness (QED) is 0.710. The number of aromatic hydroxyl groups is 1. The highest BCUT2D eigenvalue weighted by atomic mass is 32.1. The highest BCUT2D eigenvalue weighted by Gasteiger charge is 2.11. The maximum Gasteiger partial charge on any atom is 0.336 e. The topological polar surface area (TPSA) is 67.0 Å². The van der Waals surface area contributed by atoms with E-state index >= 15 is 0 Å². The molecule has 2 heterocycles. The van der Waals surface area contributed by atoms with Crippen LogP contribution < -0.4 is 10.9 Å². The molecule has 4 nitrogen and oxygen atoms in total. The third-order valence-electron chi connectivity index (χ3n) is 3.70. The summed E-state index contributed by atoms with van der Waals surface area (Å²) >= 11 is 1.73. The van der Waals surface area contributed by atoms with Crippen LogP contribution in [0.25, 0.3) is 11.0 Å². The summed E-state index contributed by atoms with van der Waals surface area (Å²) in [6.45, 7) is 3.58. The number of rotatable bonds is 5. The summed E-state index contributed by atoms with van der Waals surface area (Å²) in [6.07, 6.45) is 0.735. The first kappa shape index (κ1) is 14.8. The van der Waals surface area contributed by atoms with E-state index in [0.717, 1.165) is 29.5 Å². The predicted octanol–water partition coefficient (Wildman–Crippen LogP) is 2.39. The van der Waals surface area contributed by atoms with Gasteiger partial charge < -0.3 is 14.8 Å². The second kappa shape index (κ2) is 6.34. The van der Waals surface area contributed by atoms with Crippen molar-refractivity contribution in [2.45, 2.75) is 26.4 Å². The van der Waals surface area contributed by atoms with Crippen molar-refractivity contribution in [3.63, 3.8) is 0 Å². The van der Waals surface area contributed by atoms with Crippen molar-refractivity contribution in [3.05, 3.63) is 62.1 Å². The van der Waals surface area contributed by atoms with Gasteiger partial charge in [-0.25, -0.2) is 4.79 Å². The van der Waals surface area contributed by atoms with Gasteiger partial charge in [0.1, 0.15) is 24.4 Å². The zero-order valence-corrected chi connectivity index (χ0v) is 13.2. The van der Waals surface area contributed by atoms with Crippen molar-refractivity contribution in [3.8, 4) is 5.75 Å².